The predicted octanol–water partition coefficient (Wildman–Crippen LogP) is 3.38. The summed E-state index contributed by atoms with van der Waals surface area (Å²) >= 11 is 0. The second kappa shape index (κ2) is 9.16. The molecule has 3 aromatic heterocycles. The van der Waals surface area contributed by atoms with Gasteiger partial charge in [-0.3, -0.25) is 14.2 Å². The van der Waals surface area contributed by atoms with Gasteiger partial charge in [0.15, 0.2) is 11.6 Å². The molecular weight excluding hydrogens is 454 g/mol. The van der Waals surface area contributed by atoms with E-state index in [2.05, 4.69) is 29.9 Å². The highest BCUT2D eigenvalue weighted by molar-refractivity contribution is 6.02. The molecule has 0 bridgehead atoms. The number of carbonyl (C=O) groups excluding carboxylic acids is 1. The lowest BCUT2D eigenvalue weighted by atomic mass is 9.83. The van der Waals surface area contributed by atoms with Crippen LogP contribution >= 0.6 is 0 Å². The van der Waals surface area contributed by atoms with E-state index >= 15 is 0 Å². The number of hydrogen-bond donors (Lipinski definition) is 2. The maximum atomic E-state index is 12.3. The van der Waals surface area contributed by atoms with Crippen molar-refractivity contribution >= 4 is 16.8 Å². The third-order valence-corrected chi connectivity index (χ3v) is 7.87. The van der Waals surface area contributed by atoms with Crippen molar-refractivity contribution in [3.05, 3.63) is 35.7 Å². The molecule has 0 saturated carbocycles. The van der Waals surface area contributed by atoms with Crippen molar-refractivity contribution in [1.82, 2.24) is 39.6 Å². The first-order valence-corrected chi connectivity index (χ1v) is 13.0. The summed E-state index contributed by atoms with van der Waals surface area (Å²) in [5.41, 5.74) is 9.66. The van der Waals surface area contributed by atoms with E-state index in [1.54, 1.807) is 6.07 Å². The van der Waals surface area contributed by atoms with E-state index in [4.69, 9.17) is 10.8 Å². The van der Waals surface area contributed by atoms with Crippen LogP contribution in [0.25, 0.3) is 33.8 Å². The molecule has 36 heavy (non-hydrogen) atoms. The fourth-order valence-corrected chi connectivity index (χ4v) is 6.15. The highest BCUT2D eigenvalue weighted by Gasteiger charge is 2.33. The third-order valence-electron chi connectivity index (χ3n) is 7.87. The van der Waals surface area contributed by atoms with Crippen molar-refractivity contribution in [3.63, 3.8) is 0 Å². The Morgan fingerprint density at radius 1 is 1.08 bits per heavy atom. The topological polar surface area (TPSA) is 124 Å². The number of nitrogens with one attached hydrogen (secondary N) is 1. The van der Waals surface area contributed by atoms with E-state index in [0.29, 0.717) is 29.2 Å². The number of carbonyl (C=O) groups is 1. The molecule has 2 atom stereocenters. The number of benzene rings is 1. The summed E-state index contributed by atoms with van der Waals surface area (Å²) in [6, 6.07) is 6.25. The van der Waals surface area contributed by atoms with Gasteiger partial charge in [0.25, 0.3) is 0 Å². The maximum absolute atomic E-state index is 12.3. The Bertz CT molecular complexity index is 1410. The van der Waals surface area contributed by atoms with Crippen molar-refractivity contribution in [2.45, 2.75) is 65.1 Å². The van der Waals surface area contributed by atoms with E-state index in [-0.39, 0.29) is 0 Å². The van der Waals surface area contributed by atoms with Gasteiger partial charge in [0.05, 0.1) is 17.4 Å². The summed E-state index contributed by atoms with van der Waals surface area (Å²) in [5.74, 6) is 1.30. The molecule has 1 aromatic carbocycles. The van der Waals surface area contributed by atoms with Crippen LogP contribution in [0.3, 0.4) is 0 Å². The van der Waals surface area contributed by atoms with Crippen LogP contribution in [-0.4, -0.2) is 64.7 Å². The number of rotatable bonds is 6. The van der Waals surface area contributed by atoms with E-state index in [0.717, 1.165) is 40.9 Å². The summed E-state index contributed by atoms with van der Waals surface area (Å²) in [4.78, 5) is 18.3. The lowest BCUT2D eigenvalue weighted by molar-refractivity contribution is 0.0509. The maximum Gasteiger partial charge on any atom is 0.248 e. The quantitative estimate of drug-likeness (QED) is 0.430. The molecule has 3 N–H and O–H groups in total. The Morgan fingerprint density at radius 3 is 2.75 bits per heavy atom. The van der Waals surface area contributed by atoms with Crippen molar-refractivity contribution in [2.24, 2.45) is 11.7 Å². The van der Waals surface area contributed by atoms with Gasteiger partial charge in [-0.25, -0.2) is 0 Å². The molecule has 0 spiro atoms. The molecule has 0 radical (unpaired) electrons. The number of nitrogens with zero attached hydrogens (tertiary/aromatic N) is 7. The Balaban J connectivity index is 1.39. The number of H-pyrrole nitrogens is 1. The summed E-state index contributed by atoms with van der Waals surface area (Å²) < 4.78 is 3.95. The summed E-state index contributed by atoms with van der Waals surface area (Å²) in [7, 11) is 0. The Labute approximate surface area is 209 Å². The highest BCUT2D eigenvalue weighted by atomic mass is 16.1. The largest absolute Gasteiger partial charge is 0.366 e. The Kier molecular flexibility index (Phi) is 5.83. The van der Waals surface area contributed by atoms with Crippen LogP contribution in [0.1, 0.15) is 55.1 Å². The molecule has 4 aromatic rings. The van der Waals surface area contributed by atoms with Crippen LogP contribution < -0.4 is 5.73 Å². The fraction of sp³-hybridized carbons (Fsp3) is 0.500. The van der Waals surface area contributed by atoms with E-state index in [9.17, 15) is 4.79 Å². The normalized spacial score (nSPS) is 20.6. The van der Waals surface area contributed by atoms with Gasteiger partial charge in [-0.1, -0.05) is 6.42 Å². The number of amides is 1. The molecule has 2 saturated heterocycles. The standard InChI is InChI=1S/C26H33N9O/c1-3-34-23(11-16(2)32-34)26-29-25(30-31-26)19-12-18(24(27)36)13-22-20(19)14-28-35(22)15-17-7-6-10-33-9-5-4-8-21(17)33/h11-14,17,21H,3-10,15H2,1-2H3,(H2,27,36)(H,29,30,31). The minimum atomic E-state index is -0.471. The lowest BCUT2D eigenvalue weighted by Crippen LogP contribution is -2.49. The monoisotopic (exact) mass is 487 g/mol. The van der Waals surface area contributed by atoms with Gasteiger partial charge in [-0.2, -0.15) is 10.2 Å². The molecule has 10 nitrogen and oxygen atoms in total. The van der Waals surface area contributed by atoms with E-state index in [1.165, 1.54) is 45.2 Å². The number of aryl methyl sites for hydroxylation is 2. The summed E-state index contributed by atoms with van der Waals surface area (Å²) in [6.45, 7) is 7.98. The zero-order chi connectivity index (χ0) is 24.8. The van der Waals surface area contributed by atoms with Gasteiger partial charge < -0.3 is 15.6 Å². The third kappa shape index (κ3) is 3.99. The van der Waals surface area contributed by atoms with Crippen LogP contribution in [0.2, 0.25) is 0 Å². The Hall–Kier alpha value is -3.53. The summed E-state index contributed by atoms with van der Waals surface area (Å²) in [5, 5.41) is 19.1. The Morgan fingerprint density at radius 2 is 1.92 bits per heavy atom. The van der Waals surface area contributed by atoms with E-state index in [1.807, 2.05) is 36.9 Å². The number of aromatic amines is 1. The molecule has 6 rings (SSSR count). The smallest absolute Gasteiger partial charge is 0.248 e. The van der Waals surface area contributed by atoms with Crippen molar-refractivity contribution in [2.75, 3.05) is 13.1 Å². The van der Waals surface area contributed by atoms with Crippen LogP contribution in [-0.2, 0) is 13.1 Å². The lowest BCUT2D eigenvalue weighted by Gasteiger charge is -2.44. The minimum Gasteiger partial charge on any atom is -0.366 e. The molecule has 10 heteroatoms. The fourth-order valence-electron chi connectivity index (χ4n) is 6.15. The van der Waals surface area contributed by atoms with Gasteiger partial charge in [0.2, 0.25) is 5.91 Å². The first kappa shape index (κ1) is 22.9. The van der Waals surface area contributed by atoms with Crippen LogP contribution in [0.4, 0.5) is 0 Å². The average molecular weight is 488 g/mol. The first-order chi connectivity index (χ1) is 17.5. The van der Waals surface area contributed by atoms with Gasteiger partial charge in [-0.15, -0.1) is 10.2 Å². The first-order valence-electron chi connectivity index (χ1n) is 13.0. The number of piperidine rings is 2. The second-order valence-electron chi connectivity index (χ2n) is 10.2. The molecule has 2 aliphatic rings. The predicted molar refractivity (Wildman–Crippen MR) is 137 cm³/mol. The molecule has 2 fully saturated rings. The highest BCUT2D eigenvalue weighted by Crippen LogP contribution is 2.34. The van der Waals surface area contributed by atoms with Gasteiger partial charge in [0, 0.05) is 35.6 Å². The van der Waals surface area contributed by atoms with Crippen molar-refractivity contribution in [3.8, 4) is 22.9 Å². The van der Waals surface area contributed by atoms with Crippen LogP contribution in [0.15, 0.2) is 24.4 Å². The second-order valence-corrected chi connectivity index (χ2v) is 10.2. The number of nitrogens with two attached hydrogens (primary N) is 1. The SMILES string of the molecule is CCn1nc(C)cc1-c1nnc(-c2cc(C(N)=O)cc3c2cnn3CC2CCCN3CCCCC23)[nH]1. The van der Waals surface area contributed by atoms with Crippen LogP contribution in [0, 0.1) is 12.8 Å². The van der Waals surface area contributed by atoms with Gasteiger partial charge in [-0.05, 0) is 76.7 Å². The molecule has 5 heterocycles. The van der Waals surface area contributed by atoms with Crippen LogP contribution in [0.5, 0.6) is 0 Å². The number of hydrogen-bond acceptors (Lipinski definition) is 6. The van der Waals surface area contributed by atoms with Gasteiger partial charge >= 0.3 is 0 Å². The van der Waals surface area contributed by atoms with Crippen molar-refractivity contribution < 1.29 is 4.79 Å². The number of fused-ring (bicyclic) bond motifs is 2. The molecule has 2 unspecified atom stereocenters. The van der Waals surface area contributed by atoms with Crippen molar-refractivity contribution in [1.29, 1.82) is 0 Å². The van der Waals surface area contributed by atoms with E-state index < -0.39 is 5.91 Å². The number of primary amides is 1. The molecule has 2 aliphatic heterocycles. The average Bonchev–Trinajstić information content (AvgIpc) is 3.62. The number of aromatic nitrogens is 7. The molecule has 1 amide bonds. The molecular formula is C26H33N9O. The minimum absolute atomic E-state index is 0.439. The van der Waals surface area contributed by atoms with Gasteiger partial charge in [0.1, 0.15) is 5.69 Å². The zero-order valence-electron chi connectivity index (χ0n) is 20.9. The summed E-state index contributed by atoms with van der Waals surface area (Å²) in [6.07, 6.45) is 8.18. The molecule has 0 aliphatic carbocycles. The zero-order valence-corrected chi connectivity index (χ0v) is 20.9. The molecule has 188 valence electrons.